The molecule has 17 nitrogen and oxygen atoms in total. The fourth-order valence-electron chi connectivity index (χ4n) is 7.45. The minimum Gasteiger partial charge on any atom is -0.494 e. The van der Waals surface area contributed by atoms with Crippen molar-refractivity contribution in [3.05, 3.63) is 81.6 Å². The van der Waals surface area contributed by atoms with E-state index >= 15 is 0 Å². The molecule has 2 aromatic carbocycles. The molecule has 0 radical (unpaired) electrons. The number of allylic oxidation sites excluding steroid dienone is 2. The average molecular weight is 749 g/mol. The summed E-state index contributed by atoms with van der Waals surface area (Å²) in [6, 6.07) is 6.78. The minimum absolute atomic E-state index is 0.146. The molecule has 0 unspecified atom stereocenters. The van der Waals surface area contributed by atoms with Gasteiger partial charge in [0.1, 0.15) is 22.5 Å². The molecule has 8 rings (SSSR count). The molecule has 284 valence electrons. The van der Waals surface area contributed by atoms with Crippen LogP contribution in [0.15, 0.2) is 45.5 Å². The van der Waals surface area contributed by atoms with Crippen molar-refractivity contribution in [1.82, 2.24) is 29.4 Å². The summed E-state index contributed by atoms with van der Waals surface area (Å²) >= 11 is 0. The highest BCUT2D eigenvalue weighted by atomic mass is 16.5. The molecule has 6 aromatic rings. The number of carbonyl (C=O) groups excluding carboxylic acids is 3. The van der Waals surface area contributed by atoms with E-state index in [9.17, 15) is 14.4 Å². The number of nitrogens with zero attached hydrogens (tertiary/aromatic N) is 6. The lowest BCUT2D eigenvalue weighted by molar-refractivity contribution is 0.0978. The number of carbonyl (C=O) groups is 3. The second kappa shape index (κ2) is 14.7. The van der Waals surface area contributed by atoms with Crippen molar-refractivity contribution >= 4 is 51.7 Å². The molecule has 0 saturated heterocycles. The summed E-state index contributed by atoms with van der Waals surface area (Å²) in [6.07, 6.45) is 10.6. The number of aryl methyl sites for hydroxylation is 2. The van der Waals surface area contributed by atoms with Gasteiger partial charge in [-0.15, -0.1) is 0 Å². The summed E-state index contributed by atoms with van der Waals surface area (Å²) in [5.41, 5.74) is 18.0. The third-order valence-electron chi connectivity index (χ3n) is 10.2. The summed E-state index contributed by atoms with van der Waals surface area (Å²) in [6.45, 7) is 0.728. The maximum atomic E-state index is 13.6. The van der Waals surface area contributed by atoms with E-state index < -0.39 is 17.7 Å². The van der Waals surface area contributed by atoms with Crippen molar-refractivity contribution < 1.29 is 32.9 Å². The SMILES string of the molecule is COc1cc(CN)cc2nc(NC(=O)c3onc4c3CCCC4)n(C/C=C/Cn3c(NC(=O)c4onc5c4CCCC5)nc4cc(C(N)=O)cc(OC)c43)c12. The third-order valence-corrected chi connectivity index (χ3v) is 10.2. The van der Waals surface area contributed by atoms with Gasteiger partial charge < -0.3 is 39.1 Å². The summed E-state index contributed by atoms with van der Waals surface area (Å²) in [5.74, 6) is 0.0702. The third kappa shape index (κ3) is 6.56. The normalized spacial score (nSPS) is 13.9. The summed E-state index contributed by atoms with van der Waals surface area (Å²) in [5, 5.41) is 14.1. The molecule has 17 heteroatoms. The van der Waals surface area contributed by atoms with Gasteiger partial charge in [0, 0.05) is 36.3 Å². The fraction of sp³-hybridized carbons (Fsp3) is 0.342. The summed E-state index contributed by atoms with van der Waals surface area (Å²) in [7, 11) is 3.04. The van der Waals surface area contributed by atoms with Crippen molar-refractivity contribution in [3.8, 4) is 11.5 Å². The number of hydrogen-bond acceptors (Lipinski definition) is 12. The molecule has 4 aromatic heterocycles. The van der Waals surface area contributed by atoms with Gasteiger partial charge in [0.25, 0.3) is 11.8 Å². The maximum Gasteiger partial charge on any atom is 0.296 e. The number of amides is 3. The van der Waals surface area contributed by atoms with Crippen LogP contribution in [0.5, 0.6) is 11.5 Å². The van der Waals surface area contributed by atoms with Gasteiger partial charge in [0.15, 0.2) is 0 Å². The Morgan fingerprint density at radius 3 is 1.73 bits per heavy atom. The zero-order chi connectivity index (χ0) is 38.2. The van der Waals surface area contributed by atoms with Gasteiger partial charge in [-0.2, -0.15) is 0 Å². The lowest BCUT2D eigenvalue weighted by Gasteiger charge is -2.12. The Kier molecular flexibility index (Phi) is 9.52. The van der Waals surface area contributed by atoms with Gasteiger partial charge in [0.2, 0.25) is 29.3 Å². The van der Waals surface area contributed by atoms with Crippen LogP contribution in [0.2, 0.25) is 0 Å². The molecule has 2 aliphatic carbocycles. The predicted molar refractivity (Wildman–Crippen MR) is 200 cm³/mol. The zero-order valence-electron chi connectivity index (χ0n) is 30.4. The number of benzene rings is 2. The molecule has 0 aliphatic heterocycles. The molecular formula is C38H40N10O7. The monoisotopic (exact) mass is 748 g/mol. The number of aromatic nitrogens is 6. The molecule has 0 spiro atoms. The molecular weight excluding hydrogens is 708 g/mol. The average Bonchev–Trinajstić information content (AvgIpc) is 3.98. The van der Waals surface area contributed by atoms with E-state index in [-0.39, 0.29) is 48.6 Å². The highest BCUT2D eigenvalue weighted by Crippen LogP contribution is 2.34. The van der Waals surface area contributed by atoms with Crippen molar-refractivity contribution in [3.63, 3.8) is 0 Å². The number of rotatable bonds is 12. The van der Waals surface area contributed by atoms with E-state index in [0.717, 1.165) is 73.0 Å². The van der Waals surface area contributed by atoms with Crippen LogP contribution in [-0.4, -0.2) is 61.4 Å². The molecule has 2 aliphatic rings. The van der Waals surface area contributed by atoms with E-state index in [1.807, 2.05) is 28.9 Å². The lowest BCUT2D eigenvalue weighted by atomic mass is 9.96. The Morgan fingerprint density at radius 1 is 0.745 bits per heavy atom. The van der Waals surface area contributed by atoms with Crippen LogP contribution in [0.1, 0.15) is 85.2 Å². The largest absolute Gasteiger partial charge is 0.494 e. The first-order valence-electron chi connectivity index (χ1n) is 18.2. The van der Waals surface area contributed by atoms with Crippen molar-refractivity contribution in [2.24, 2.45) is 11.5 Å². The second-order valence-corrected chi connectivity index (χ2v) is 13.5. The van der Waals surface area contributed by atoms with Gasteiger partial charge in [-0.1, -0.05) is 22.5 Å². The number of anilines is 2. The highest BCUT2D eigenvalue weighted by Gasteiger charge is 2.28. The number of primary amides is 1. The van der Waals surface area contributed by atoms with E-state index in [1.54, 1.807) is 17.7 Å². The molecule has 0 fully saturated rings. The number of nitrogens with two attached hydrogens (primary N) is 2. The molecule has 55 heavy (non-hydrogen) atoms. The molecule has 0 bridgehead atoms. The fourth-order valence-corrected chi connectivity index (χ4v) is 7.45. The van der Waals surface area contributed by atoms with Crippen LogP contribution in [0.25, 0.3) is 22.1 Å². The van der Waals surface area contributed by atoms with Crippen LogP contribution in [0.4, 0.5) is 11.9 Å². The number of nitrogens with one attached hydrogen (secondary N) is 2. The van der Waals surface area contributed by atoms with Crippen LogP contribution in [0, 0.1) is 0 Å². The zero-order valence-corrected chi connectivity index (χ0v) is 30.4. The number of imidazole rings is 2. The van der Waals surface area contributed by atoms with E-state index in [1.165, 1.54) is 13.2 Å². The Balaban J connectivity index is 1.14. The van der Waals surface area contributed by atoms with E-state index in [2.05, 4.69) is 25.9 Å². The van der Waals surface area contributed by atoms with Crippen molar-refractivity contribution in [1.29, 1.82) is 0 Å². The first-order chi connectivity index (χ1) is 26.8. The maximum absolute atomic E-state index is 13.6. The highest BCUT2D eigenvalue weighted by molar-refractivity contribution is 6.05. The van der Waals surface area contributed by atoms with Gasteiger partial charge >= 0.3 is 0 Å². The van der Waals surface area contributed by atoms with E-state index in [0.29, 0.717) is 40.0 Å². The van der Waals surface area contributed by atoms with Crippen molar-refractivity contribution in [2.45, 2.75) is 71.0 Å². The van der Waals surface area contributed by atoms with Gasteiger partial charge in [-0.25, -0.2) is 9.97 Å². The van der Waals surface area contributed by atoms with Crippen molar-refractivity contribution in [2.75, 3.05) is 24.9 Å². The molecule has 4 heterocycles. The molecule has 6 N–H and O–H groups in total. The number of ether oxygens (including phenoxy) is 2. The molecule has 3 amide bonds. The van der Waals surface area contributed by atoms with Gasteiger partial charge in [0.05, 0.1) is 36.6 Å². The summed E-state index contributed by atoms with van der Waals surface area (Å²) < 4.78 is 26.0. The number of fused-ring (bicyclic) bond motifs is 4. The Hall–Kier alpha value is -6.49. The van der Waals surface area contributed by atoms with Gasteiger partial charge in [-0.05, 0) is 81.2 Å². The Bertz CT molecular complexity index is 2510. The van der Waals surface area contributed by atoms with Crippen LogP contribution < -0.4 is 31.6 Å². The predicted octanol–water partition coefficient (Wildman–Crippen LogP) is 4.46. The minimum atomic E-state index is -0.652. The lowest BCUT2D eigenvalue weighted by Crippen LogP contribution is -2.18. The standard InChI is InChI=1S/C38H40N10O7/c1-52-28-16-20(19-39)15-26-30(28)47(37(41-26)43-35(50)32-22-9-3-5-11-24(22)45-54-32)13-7-8-14-48-31-27(17-21(34(40)49)18-29(31)53-2)42-38(48)44-36(51)33-23-10-4-6-12-25(23)46-55-33/h7-8,15-18H,3-6,9-14,19,39H2,1-2H3,(H2,40,49)(H,41,43,50)(H,42,44,51)/b8-7+. The van der Waals surface area contributed by atoms with Crippen LogP contribution in [-0.2, 0) is 45.3 Å². The molecule has 0 saturated carbocycles. The quantitative estimate of drug-likeness (QED) is 0.127. The smallest absolute Gasteiger partial charge is 0.296 e. The number of methoxy groups -OCH3 is 2. The first kappa shape index (κ1) is 35.5. The first-order valence-corrected chi connectivity index (χ1v) is 18.2. The van der Waals surface area contributed by atoms with Crippen LogP contribution in [0.3, 0.4) is 0 Å². The van der Waals surface area contributed by atoms with Crippen LogP contribution >= 0.6 is 0 Å². The Labute approximate surface area is 314 Å². The molecule has 0 atom stereocenters. The number of hydrogen-bond donors (Lipinski definition) is 4. The Morgan fingerprint density at radius 2 is 1.24 bits per heavy atom. The van der Waals surface area contributed by atoms with Gasteiger partial charge in [-0.3, -0.25) is 25.0 Å². The second-order valence-electron chi connectivity index (χ2n) is 13.5. The van der Waals surface area contributed by atoms with E-state index in [4.69, 9.17) is 35.0 Å². The topological polar surface area (TPSA) is 233 Å². The summed E-state index contributed by atoms with van der Waals surface area (Å²) in [4.78, 5) is 48.9.